The summed E-state index contributed by atoms with van der Waals surface area (Å²) in [7, 11) is 0. The molecule has 0 saturated heterocycles. The Balaban J connectivity index is 0. The van der Waals surface area contributed by atoms with E-state index in [4.69, 9.17) is 0 Å². The highest BCUT2D eigenvalue weighted by Crippen LogP contribution is 2.27. The quantitative estimate of drug-likeness (QED) is 0.644. The third-order valence-corrected chi connectivity index (χ3v) is 2.34. The van der Waals surface area contributed by atoms with Gasteiger partial charge in [0.1, 0.15) is 0 Å². The van der Waals surface area contributed by atoms with Gasteiger partial charge in [-0.1, -0.05) is 40.0 Å². The summed E-state index contributed by atoms with van der Waals surface area (Å²) in [4.78, 5) is 0. The lowest BCUT2D eigenvalue weighted by Gasteiger charge is -2.01. The summed E-state index contributed by atoms with van der Waals surface area (Å²) in [6.45, 7) is 8.79. The van der Waals surface area contributed by atoms with Crippen LogP contribution in [0.2, 0.25) is 0 Å². The van der Waals surface area contributed by atoms with E-state index in [0.29, 0.717) is 0 Å². The molecule has 1 nitrogen and oxygen atoms in total. The predicted octanol–water partition coefficient (Wildman–Crippen LogP) is 3.71. The molecule has 0 aromatic heterocycles. The molecule has 0 bridgehead atoms. The minimum Gasteiger partial charge on any atom is -0.316 e. The summed E-state index contributed by atoms with van der Waals surface area (Å²) < 4.78 is 0. The molecule has 1 fully saturated rings. The maximum Gasteiger partial charge on any atom is -0.00205 e. The fourth-order valence-electron chi connectivity index (χ4n) is 1.30. The maximum atomic E-state index is 3.51. The van der Waals surface area contributed by atoms with Crippen molar-refractivity contribution in [1.82, 2.24) is 5.32 Å². The van der Waals surface area contributed by atoms with Crippen molar-refractivity contribution in [2.45, 2.75) is 59.3 Å². The zero-order valence-corrected chi connectivity index (χ0v) is 11.2. The third kappa shape index (κ3) is 12.3. The summed E-state index contributed by atoms with van der Waals surface area (Å²) in [6, 6.07) is 0. The van der Waals surface area contributed by atoms with Crippen LogP contribution in [-0.4, -0.2) is 13.1 Å². The second-order valence-electron chi connectivity index (χ2n) is 3.71. The molecule has 0 unspecified atom stereocenters. The lowest BCUT2D eigenvalue weighted by Crippen LogP contribution is -2.17. The van der Waals surface area contributed by atoms with E-state index in [2.05, 4.69) is 12.2 Å². The van der Waals surface area contributed by atoms with Crippen LogP contribution in [0.5, 0.6) is 0 Å². The molecule has 1 aliphatic rings. The summed E-state index contributed by atoms with van der Waals surface area (Å²) in [5, 5.41) is 3.51. The SMILES string of the molecule is CC.CCCCCCNCC1CC1.S. The molecule has 0 amide bonds. The van der Waals surface area contributed by atoms with E-state index in [-0.39, 0.29) is 13.5 Å². The average Bonchev–Trinajstić information content (AvgIpc) is 2.98. The molecular formula is C12H29NS. The van der Waals surface area contributed by atoms with Crippen molar-refractivity contribution in [2.24, 2.45) is 5.92 Å². The van der Waals surface area contributed by atoms with Crippen LogP contribution in [0.4, 0.5) is 0 Å². The molecule has 0 atom stereocenters. The number of rotatable bonds is 7. The van der Waals surface area contributed by atoms with Crippen molar-refractivity contribution in [1.29, 1.82) is 0 Å². The van der Waals surface area contributed by atoms with E-state index in [1.54, 1.807) is 0 Å². The van der Waals surface area contributed by atoms with Gasteiger partial charge in [-0.05, 0) is 38.3 Å². The molecule has 88 valence electrons. The summed E-state index contributed by atoms with van der Waals surface area (Å²) in [6.07, 6.45) is 8.49. The molecule has 1 saturated carbocycles. The van der Waals surface area contributed by atoms with Crippen LogP contribution in [0.25, 0.3) is 0 Å². The van der Waals surface area contributed by atoms with Crippen LogP contribution in [0.15, 0.2) is 0 Å². The summed E-state index contributed by atoms with van der Waals surface area (Å²) in [5.41, 5.74) is 0. The van der Waals surface area contributed by atoms with Gasteiger partial charge in [-0.3, -0.25) is 0 Å². The van der Waals surface area contributed by atoms with Gasteiger partial charge >= 0.3 is 0 Å². The number of hydrogen-bond acceptors (Lipinski definition) is 1. The topological polar surface area (TPSA) is 12.0 Å². The van der Waals surface area contributed by atoms with E-state index in [9.17, 15) is 0 Å². The normalized spacial score (nSPS) is 13.9. The average molecular weight is 219 g/mol. The molecule has 0 radical (unpaired) electrons. The van der Waals surface area contributed by atoms with E-state index in [1.165, 1.54) is 51.6 Å². The van der Waals surface area contributed by atoms with Crippen LogP contribution < -0.4 is 5.32 Å². The minimum absolute atomic E-state index is 0. The molecule has 0 spiro atoms. The Kier molecular flexibility index (Phi) is 15.9. The fourth-order valence-corrected chi connectivity index (χ4v) is 1.30. The standard InChI is InChI=1S/C10H21N.C2H6.H2S/c1-2-3-4-5-8-11-9-10-6-7-10;1-2;/h10-11H,2-9H2,1H3;1-2H3;1H2. The van der Waals surface area contributed by atoms with E-state index in [0.717, 1.165) is 5.92 Å². The Morgan fingerprint density at radius 3 is 2.21 bits per heavy atom. The molecular weight excluding hydrogens is 190 g/mol. The van der Waals surface area contributed by atoms with E-state index < -0.39 is 0 Å². The van der Waals surface area contributed by atoms with Gasteiger partial charge in [-0.15, -0.1) is 0 Å². The van der Waals surface area contributed by atoms with Gasteiger partial charge in [0.05, 0.1) is 0 Å². The first-order valence-corrected chi connectivity index (χ1v) is 6.14. The van der Waals surface area contributed by atoms with Crippen molar-refractivity contribution in [3.63, 3.8) is 0 Å². The maximum absolute atomic E-state index is 3.51. The molecule has 0 aliphatic heterocycles. The van der Waals surface area contributed by atoms with Gasteiger partial charge in [0.25, 0.3) is 0 Å². The monoisotopic (exact) mass is 219 g/mol. The number of hydrogen-bond donors (Lipinski definition) is 1. The van der Waals surface area contributed by atoms with E-state index >= 15 is 0 Å². The molecule has 1 aliphatic carbocycles. The first kappa shape index (κ1) is 16.7. The molecule has 2 heteroatoms. The molecule has 0 aromatic rings. The second kappa shape index (κ2) is 13.3. The van der Waals surface area contributed by atoms with Crippen molar-refractivity contribution in [3.8, 4) is 0 Å². The van der Waals surface area contributed by atoms with Crippen molar-refractivity contribution >= 4 is 13.5 Å². The Bertz CT molecular complexity index is 92.3. The number of nitrogens with one attached hydrogen (secondary N) is 1. The van der Waals surface area contributed by atoms with Gasteiger partial charge in [0.2, 0.25) is 0 Å². The van der Waals surface area contributed by atoms with Gasteiger partial charge in [-0.25, -0.2) is 0 Å². The van der Waals surface area contributed by atoms with Crippen LogP contribution in [0, 0.1) is 5.92 Å². The summed E-state index contributed by atoms with van der Waals surface area (Å²) in [5.74, 6) is 1.04. The largest absolute Gasteiger partial charge is 0.316 e. The lowest BCUT2D eigenvalue weighted by atomic mass is 10.2. The molecule has 0 heterocycles. The second-order valence-corrected chi connectivity index (χ2v) is 3.71. The predicted molar refractivity (Wildman–Crippen MR) is 71.5 cm³/mol. The molecule has 14 heavy (non-hydrogen) atoms. The highest BCUT2D eigenvalue weighted by atomic mass is 32.1. The van der Waals surface area contributed by atoms with Crippen molar-refractivity contribution < 1.29 is 0 Å². The van der Waals surface area contributed by atoms with E-state index in [1.807, 2.05) is 13.8 Å². The van der Waals surface area contributed by atoms with Gasteiger partial charge < -0.3 is 5.32 Å². The van der Waals surface area contributed by atoms with Crippen LogP contribution >= 0.6 is 13.5 Å². The Morgan fingerprint density at radius 2 is 1.71 bits per heavy atom. The highest BCUT2D eigenvalue weighted by molar-refractivity contribution is 7.59. The highest BCUT2D eigenvalue weighted by Gasteiger charge is 2.19. The van der Waals surface area contributed by atoms with Gasteiger partial charge in [0, 0.05) is 0 Å². The first-order valence-electron chi connectivity index (χ1n) is 6.14. The Labute approximate surface area is 97.5 Å². The van der Waals surface area contributed by atoms with Crippen LogP contribution in [-0.2, 0) is 0 Å². The summed E-state index contributed by atoms with van der Waals surface area (Å²) >= 11 is 0. The van der Waals surface area contributed by atoms with Crippen molar-refractivity contribution in [2.75, 3.05) is 13.1 Å². The smallest absolute Gasteiger partial charge is 0.00205 e. The zero-order valence-electron chi connectivity index (χ0n) is 10.2. The number of unbranched alkanes of at least 4 members (excludes halogenated alkanes) is 3. The Morgan fingerprint density at radius 1 is 1.07 bits per heavy atom. The lowest BCUT2D eigenvalue weighted by molar-refractivity contribution is 0.579. The van der Waals surface area contributed by atoms with Crippen LogP contribution in [0.1, 0.15) is 59.3 Å². The van der Waals surface area contributed by atoms with Gasteiger partial charge in [0.15, 0.2) is 0 Å². The third-order valence-electron chi connectivity index (χ3n) is 2.34. The molecule has 0 aromatic carbocycles. The Hall–Kier alpha value is 0.310. The molecule has 1 rings (SSSR count). The first-order chi connectivity index (χ1) is 6.43. The van der Waals surface area contributed by atoms with Gasteiger partial charge in [-0.2, -0.15) is 13.5 Å². The minimum atomic E-state index is 0. The zero-order chi connectivity index (χ0) is 9.94. The fraction of sp³-hybridized carbons (Fsp3) is 1.00. The molecule has 1 N–H and O–H groups in total. The van der Waals surface area contributed by atoms with Crippen LogP contribution in [0.3, 0.4) is 0 Å². The van der Waals surface area contributed by atoms with Crippen molar-refractivity contribution in [3.05, 3.63) is 0 Å².